The highest BCUT2D eigenvalue weighted by molar-refractivity contribution is 6.62. The van der Waals surface area contributed by atoms with E-state index in [0.717, 1.165) is 11.0 Å². The van der Waals surface area contributed by atoms with Gasteiger partial charge in [-0.05, 0) is 57.3 Å². The molecule has 1 aromatic rings. The number of carboxylic acids is 1. The lowest BCUT2D eigenvalue weighted by atomic mass is 9.75. The van der Waals surface area contributed by atoms with Crippen molar-refractivity contribution in [2.45, 2.75) is 51.7 Å². The number of hydrogen-bond donors (Lipinski definition) is 2. The fourth-order valence-electron chi connectivity index (χ4n) is 2.28. The van der Waals surface area contributed by atoms with Gasteiger partial charge in [0.05, 0.1) is 11.2 Å². The van der Waals surface area contributed by atoms with E-state index in [9.17, 15) is 4.79 Å². The standard InChI is InChI=1S/C15H22BNO4/c1-14(2)15(3,4)21-16(20-14)12-7-6-11(17)9-10(12)5-8-13(18)19/h6-7,9H,5,8,17H2,1-4H3,(H,18,19). The van der Waals surface area contributed by atoms with E-state index in [1.807, 2.05) is 33.8 Å². The summed E-state index contributed by atoms with van der Waals surface area (Å²) in [6, 6.07) is 5.43. The summed E-state index contributed by atoms with van der Waals surface area (Å²) in [5.74, 6) is -0.836. The van der Waals surface area contributed by atoms with E-state index >= 15 is 0 Å². The van der Waals surface area contributed by atoms with Gasteiger partial charge in [0.1, 0.15) is 0 Å². The number of aliphatic carboxylic acids is 1. The molecule has 1 heterocycles. The van der Waals surface area contributed by atoms with Crippen LogP contribution in [0.15, 0.2) is 18.2 Å². The molecule has 0 saturated carbocycles. The minimum absolute atomic E-state index is 0.0515. The van der Waals surface area contributed by atoms with Gasteiger partial charge in [0.15, 0.2) is 0 Å². The molecule has 0 bridgehead atoms. The first-order valence-corrected chi connectivity index (χ1v) is 7.08. The Bertz CT molecular complexity index is 541. The molecule has 0 aromatic heterocycles. The monoisotopic (exact) mass is 291 g/mol. The van der Waals surface area contributed by atoms with E-state index in [1.165, 1.54) is 0 Å². The predicted octanol–water partition coefficient (Wildman–Crippen LogP) is 1.59. The number of benzene rings is 1. The third-order valence-electron chi connectivity index (χ3n) is 4.28. The fourth-order valence-corrected chi connectivity index (χ4v) is 2.28. The van der Waals surface area contributed by atoms with E-state index in [-0.39, 0.29) is 6.42 Å². The van der Waals surface area contributed by atoms with Crippen LogP contribution in [0.5, 0.6) is 0 Å². The lowest BCUT2D eigenvalue weighted by Gasteiger charge is -2.32. The summed E-state index contributed by atoms with van der Waals surface area (Å²) < 4.78 is 12.1. The Morgan fingerprint density at radius 2 is 1.81 bits per heavy atom. The SMILES string of the molecule is CC1(C)OB(c2ccc(N)cc2CCC(=O)O)OC1(C)C. The van der Waals surface area contributed by atoms with Crippen LogP contribution in [-0.2, 0) is 20.5 Å². The predicted molar refractivity (Wildman–Crippen MR) is 82.5 cm³/mol. The van der Waals surface area contributed by atoms with Gasteiger partial charge in [-0.3, -0.25) is 4.79 Å². The first-order valence-electron chi connectivity index (χ1n) is 7.08. The number of anilines is 1. The molecule has 1 aliphatic rings. The lowest BCUT2D eigenvalue weighted by molar-refractivity contribution is -0.136. The largest absolute Gasteiger partial charge is 0.495 e. The Kier molecular flexibility index (Phi) is 4.04. The van der Waals surface area contributed by atoms with Crippen LogP contribution in [0.3, 0.4) is 0 Å². The number of nitrogen functional groups attached to an aromatic ring is 1. The summed E-state index contributed by atoms with van der Waals surface area (Å²) in [5.41, 5.74) is 7.27. The number of carbonyl (C=O) groups is 1. The Balaban J connectivity index is 2.30. The second-order valence-corrected chi connectivity index (χ2v) is 6.44. The minimum Gasteiger partial charge on any atom is -0.481 e. The molecule has 1 fully saturated rings. The zero-order valence-electron chi connectivity index (χ0n) is 13.0. The third-order valence-corrected chi connectivity index (χ3v) is 4.28. The second kappa shape index (κ2) is 5.35. The second-order valence-electron chi connectivity index (χ2n) is 6.44. The van der Waals surface area contributed by atoms with E-state index in [1.54, 1.807) is 12.1 Å². The van der Waals surface area contributed by atoms with Crippen molar-refractivity contribution in [2.75, 3.05) is 5.73 Å². The summed E-state index contributed by atoms with van der Waals surface area (Å²) in [7, 11) is -0.501. The van der Waals surface area contributed by atoms with Crippen LogP contribution in [0.2, 0.25) is 0 Å². The van der Waals surface area contributed by atoms with E-state index in [2.05, 4.69) is 0 Å². The smallest absolute Gasteiger partial charge is 0.481 e. The molecule has 0 amide bonds. The maximum absolute atomic E-state index is 10.8. The summed E-state index contributed by atoms with van der Waals surface area (Å²) in [6.07, 6.45) is 0.454. The molecule has 114 valence electrons. The van der Waals surface area contributed by atoms with Crippen LogP contribution in [0.4, 0.5) is 5.69 Å². The molecule has 0 aliphatic carbocycles. The maximum Gasteiger partial charge on any atom is 0.495 e. The average molecular weight is 291 g/mol. The Morgan fingerprint density at radius 1 is 1.24 bits per heavy atom. The first-order chi connectivity index (χ1) is 9.62. The maximum atomic E-state index is 10.8. The highest BCUT2D eigenvalue weighted by Crippen LogP contribution is 2.36. The molecule has 0 spiro atoms. The van der Waals surface area contributed by atoms with Crippen LogP contribution in [0.25, 0.3) is 0 Å². The number of nitrogens with two attached hydrogens (primary N) is 1. The van der Waals surface area contributed by atoms with Crippen molar-refractivity contribution in [3.05, 3.63) is 23.8 Å². The molecule has 5 nitrogen and oxygen atoms in total. The molecule has 3 N–H and O–H groups in total. The van der Waals surface area contributed by atoms with Gasteiger partial charge >= 0.3 is 13.1 Å². The van der Waals surface area contributed by atoms with Gasteiger partial charge in [-0.25, -0.2) is 0 Å². The van der Waals surface area contributed by atoms with Crippen molar-refractivity contribution in [2.24, 2.45) is 0 Å². The minimum atomic E-state index is -0.836. The molecule has 1 saturated heterocycles. The summed E-state index contributed by atoms with van der Waals surface area (Å²) >= 11 is 0. The first kappa shape index (κ1) is 15.9. The number of hydrogen-bond acceptors (Lipinski definition) is 4. The van der Waals surface area contributed by atoms with Crippen molar-refractivity contribution in [1.29, 1.82) is 0 Å². The third kappa shape index (κ3) is 3.22. The normalized spacial score (nSPS) is 19.7. The molecular formula is C15H22BNO4. The summed E-state index contributed by atoms with van der Waals surface area (Å²) in [5, 5.41) is 8.87. The van der Waals surface area contributed by atoms with Crippen LogP contribution in [0, 0.1) is 0 Å². The van der Waals surface area contributed by atoms with Crippen molar-refractivity contribution in [3.8, 4) is 0 Å². The number of rotatable bonds is 4. The van der Waals surface area contributed by atoms with Gasteiger partial charge in [-0.15, -0.1) is 0 Å². The molecule has 6 heteroatoms. The number of carboxylic acid groups (broad SMARTS) is 1. The Morgan fingerprint density at radius 3 is 2.33 bits per heavy atom. The summed E-state index contributed by atoms with van der Waals surface area (Å²) in [4.78, 5) is 10.8. The molecule has 2 rings (SSSR count). The Hall–Kier alpha value is -1.53. The van der Waals surface area contributed by atoms with Gasteiger partial charge in [0.2, 0.25) is 0 Å². The van der Waals surface area contributed by atoms with Crippen LogP contribution in [0.1, 0.15) is 39.7 Å². The molecular weight excluding hydrogens is 269 g/mol. The molecule has 1 aromatic carbocycles. The van der Waals surface area contributed by atoms with Crippen molar-refractivity contribution in [1.82, 2.24) is 0 Å². The van der Waals surface area contributed by atoms with Crippen molar-refractivity contribution < 1.29 is 19.2 Å². The van der Waals surface area contributed by atoms with E-state index in [4.69, 9.17) is 20.1 Å². The topological polar surface area (TPSA) is 81.8 Å². The van der Waals surface area contributed by atoms with Crippen molar-refractivity contribution in [3.63, 3.8) is 0 Å². The molecule has 0 unspecified atom stereocenters. The highest BCUT2D eigenvalue weighted by atomic mass is 16.7. The van der Waals surface area contributed by atoms with Gasteiger partial charge in [0, 0.05) is 12.1 Å². The zero-order valence-corrected chi connectivity index (χ0v) is 13.0. The Labute approximate surface area is 125 Å². The van der Waals surface area contributed by atoms with Gasteiger partial charge in [0.25, 0.3) is 0 Å². The van der Waals surface area contributed by atoms with Crippen LogP contribution >= 0.6 is 0 Å². The van der Waals surface area contributed by atoms with Crippen LogP contribution in [-0.4, -0.2) is 29.4 Å². The van der Waals surface area contributed by atoms with Gasteiger partial charge < -0.3 is 20.1 Å². The lowest BCUT2D eigenvalue weighted by Crippen LogP contribution is -2.41. The highest BCUT2D eigenvalue weighted by Gasteiger charge is 2.52. The zero-order chi connectivity index (χ0) is 15.8. The molecule has 1 aliphatic heterocycles. The van der Waals surface area contributed by atoms with Gasteiger partial charge in [-0.1, -0.05) is 6.07 Å². The quantitative estimate of drug-likeness (QED) is 0.650. The molecule has 0 atom stereocenters. The van der Waals surface area contributed by atoms with E-state index in [0.29, 0.717) is 12.1 Å². The summed E-state index contributed by atoms with van der Waals surface area (Å²) in [6.45, 7) is 7.95. The molecule has 21 heavy (non-hydrogen) atoms. The van der Waals surface area contributed by atoms with Crippen LogP contribution < -0.4 is 11.2 Å². The van der Waals surface area contributed by atoms with Gasteiger partial charge in [-0.2, -0.15) is 0 Å². The van der Waals surface area contributed by atoms with Crippen molar-refractivity contribution >= 4 is 24.2 Å². The average Bonchev–Trinajstić information content (AvgIpc) is 2.55. The number of aryl methyl sites for hydroxylation is 1. The molecule has 0 radical (unpaired) electrons. The fraction of sp³-hybridized carbons (Fsp3) is 0.533. The van der Waals surface area contributed by atoms with E-state index < -0.39 is 24.3 Å².